The molecule has 3 aliphatic carbocycles. The quantitative estimate of drug-likeness (QED) is 0.372. The highest BCUT2D eigenvalue weighted by atomic mass is 16.2. The van der Waals surface area contributed by atoms with Crippen molar-refractivity contribution in [2.45, 2.75) is 87.9 Å². The molecule has 5 aliphatic rings. The minimum Gasteiger partial charge on any atom is -0.351 e. The first-order chi connectivity index (χ1) is 19.1. The van der Waals surface area contributed by atoms with Gasteiger partial charge in [0.05, 0.1) is 11.6 Å². The van der Waals surface area contributed by atoms with Crippen molar-refractivity contribution in [1.29, 1.82) is 5.26 Å². The van der Waals surface area contributed by atoms with Crippen LogP contribution in [-0.4, -0.2) is 55.3 Å². The van der Waals surface area contributed by atoms with Gasteiger partial charge in [0.2, 0.25) is 5.95 Å². The maximum Gasteiger partial charge on any atom is 0.318 e. The van der Waals surface area contributed by atoms with E-state index in [0.29, 0.717) is 17.4 Å². The smallest absolute Gasteiger partial charge is 0.318 e. The van der Waals surface area contributed by atoms with Gasteiger partial charge in [-0.3, -0.25) is 5.10 Å². The van der Waals surface area contributed by atoms with Crippen molar-refractivity contribution >= 4 is 23.6 Å². The number of benzene rings is 1. The largest absolute Gasteiger partial charge is 0.351 e. The highest BCUT2D eigenvalue weighted by molar-refractivity contribution is 5.76. The third kappa shape index (κ3) is 4.78. The number of carbonyl (C=O) groups excluding carboxylic acids is 1. The summed E-state index contributed by atoms with van der Waals surface area (Å²) in [5.74, 6) is 2.40. The lowest BCUT2D eigenvalue weighted by atomic mass is 9.89. The monoisotopic (exact) mass is 523 g/mol. The second-order valence-corrected chi connectivity index (χ2v) is 11.5. The number of hydrogen-bond acceptors (Lipinski definition) is 7. The molecule has 4 N–H and O–H groups in total. The van der Waals surface area contributed by atoms with E-state index in [0.717, 1.165) is 75.1 Å². The fourth-order valence-electron chi connectivity index (χ4n) is 7.08. The molecule has 0 spiro atoms. The zero-order chi connectivity index (χ0) is 26.3. The summed E-state index contributed by atoms with van der Waals surface area (Å²) in [4.78, 5) is 25.3. The van der Waals surface area contributed by atoms with E-state index in [2.05, 4.69) is 53.2 Å². The van der Waals surface area contributed by atoms with Crippen molar-refractivity contribution in [3.63, 3.8) is 0 Å². The van der Waals surface area contributed by atoms with E-state index in [-0.39, 0.29) is 30.2 Å². The molecule has 39 heavy (non-hydrogen) atoms. The average molecular weight is 524 g/mol. The molecular formula is C29H33N9O. The highest BCUT2D eigenvalue weighted by Gasteiger charge is 2.39. The third-order valence-electron chi connectivity index (χ3n) is 9.00. The van der Waals surface area contributed by atoms with Crippen molar-refractivity contribution in [3.8, 4) is 6.07 Å². The topological polar surface area (TPSA) is 135 Å². The Bertz CT molecular complexity index is 1420. The van der Waals surface area contributed by atoms with Crippen LogP contribution in [0.4, 0.5) is 22.4 Å². The molecule has 0 saturated heterocycles. The second kappa shape index (κ2) is 9.88. The first-order valence-corrected chi connectivity index (χ1v) is 14.1. The number of aromatic nitrogens is 4. The van der Waals surface area contributed by atoms with Crippen molar-refractivity contribution < 1.29 is 4.79 Å². The number of urea groups is 1. The van der Waals surface area contributed by atoms with Crippen LogP contribution in [0.1, 0.15) is 73.2 Å². The summed E-state index contributed by atoms with van der Waals surface area (Å²) in [6, 6.07) is 12.8. The first-order valence-electron chi connectivity index (χ1n) is 14.1. The Morgan fingerprint density at radius 3 is 2.72 bits per heavy atom. The number of hydrogen-bond donors (Lipinski definition) is 4. The van der Waals surface area contributed by atoms with Crippen molar-refractivity contribution in [1.82, 2.24) is 30.4 Å². The van der Waals surface area contributed by atoms with Gasteiger partial charge >= 0.3 is 6.03 Å². The molecular weight excluding hydrogens is 490 g/mol. The van der Waals surface area contributed by atoms with Crippen molar-refractivity contribution in [3.05, 3.63) is 58.9 Å². The molecule has 200 valence electrons. The summed E-state index contributed by atoms with van der Waals surface area (Å²) in [5, 5.41) is 27.2. The van der Waals surface area contributed by atoms with Crippen LogP contribution in [0.25, 0.3) is 0 Å². The van der Waals surface area contributed by atoms with Gasteiger partial charge in [-0.15, -0.1) is 0 Å². The van der Waals surface area contributed by atoms with E-state index in [4.69, 9.17) is 0 Å². The fraction of sp³-hybridized carbons (Fsp3) is 0.483. The van der Waals surface area contributed by atoms with Crippen LogP contribution in [0.3, 0.4) is 0 Å². The van der Waals surface area contributed by atoms with Crippen molar-refractivity contribution in [2.24, 2.45) is 0 Å². The summed E-state index contributed by atoms with van der Waals surface area (Å²) in [7, 11) is 0. The van der Waals surface area contributed by atoms with Crippen LogP contribution >= 0.6 is 0 Å². The van der Waals surface area contributed by atoms with Crippen LogP contribution in [0.5, 0.6) is 0 Å². The van der Waals surface area contributed by atoms with Gasteiger partial charge in [-0.1, -0.05) is 6.07 Å². The lowest BCUT2D eigenvalue weighted by Gasteiger charge is -2.41. The molecule has 2 aliphatic heterocycles. The number of nitrogens with zero attached hydrogens (tertiary/aromatic N) is 5. The number of carbonyl (C=O) groups is 1. The van der Waals surface area contributed by atoms with Gasteiger partial charge in [-0.2, -0.15) is 15.3 Å². The SMILES string of the molecule is N#Cc1ccc2c(c1)CC(NC(=O)N1C3CCC(CC3)Nc3nccc(n3)Nc3cc([nH]n3)C3CCC1C3)C2. The Morgan fingerprint density at radius 2 is 1.85 bits per heavy atom. The lowest BCUT2D eigenvalue weighted by Crippen LogP contribution is -2.54. The third-order valence-corrected chi connectivity index (χ3v) is 9.00. The summed E-state index contributed by atoms with van der Waals surface area (Å²) in [6.07, 6.45) is 10.1. The maximum atomic E-state index is 14.0. The Hall–Kier alpha value is -4.13. The number of anilines is 3. The molecule has 8 rings (SSSR count). The summed E-state index contributed by atoms with van der Waals surface area (Å²) < 4.78 is 0. The Balaban J connectivity index is 1.13. The van der Waals surface area contributed by atoms with E-state index >= 15 is 0 Å². The number of amides is 2. The zero-order valence-electron chi connectivity index (χ0n) is 21.9. The number of nitrogens with one attached hydrogen (secondary N) is 4. The number of aromatic amines is 1. The Morgan fingerprint density at radius 1 is 1.00 bits per heavy atom. The van der Waals surface area contributed by atoms with E-state index in [1.54, 1.807) is 6.20 Å². The van der Waals surface area contributed by atoms with Gasteiger partial charge in [0.25, 0.3) is 0 Å². The van der Waals surface area contributed by atoms with Gasteiger partial charge in [-0.05, 0) is 87.1 Å². The first kappa shape index (κ1) is 23.9. The van der Waals surface area contributed by atoms with E-state index < -0.39 is 0 Å². The zero-order valence-corrected chi connectivity index (χ0v) is 21.9. The molecule has 3 unspecified atom stereocenters. The second-order valence-electron chi connectivity index (χ2n) is 11.5. The number of H-pyrrole nitrogens is 1. The lowest BCUT2D eigenvalue weighted by molar-refractivity contribution is 0.119. The molecule has 2 saturated carbocycles. The minimum absolute atomic E-state index is 0.0551. The predicted octanol–water partition coefficient (Wildman–Crippen LogP) is 4.37. The molecule has 10 nitrogen and oxygen atoms in total. The van der Waals surface area contributed by atoms with Gasteiger partial charge in [-0.25, -0.2) is 9.78 Å². The van der Waals surface area contributed by atoms with E-state index in [1.165, 1.54) is 11.1 Å². The van der Waals surface area contributed by atoms with E-state index in [9.17, 15) is 10.1 Å². The highest BCUT2D eigenvalue weighted by Crippen LogP contribution is 2.40. The number of rotatable bonds is 1. The predicted molar refractivity (Wildman–Crippen MR) is 147 cm³/mol. The molecule has 1 aromatic carbocycles. The number of fused-ring (bicyclic) bond motifs is 3. The number of nitriles is 1. The molecule has 3 aromatic rings. The molecule has 0 radical (unpaired) electrons. The molecule has 2 amide bonds. The summed E-state index contributed by atoms with van der Waals surface area (Å²) in [6.45, 7) is 0. The molecule has 3 atom stereocenters. The molecule has 10 heteroatoms. The molecule has 4 heterocycles. The Kier molecular flexibility index (Phi) is 6.06. The van der Waals surface area contributed by atoms with E-state index in [1.807, 2.05) is 24.3 Å². The Labute approximate surface area is 227 Å². The van der Waals surface area contributed by atoms with Crippen LogP contribution in [-0.2, 0) is 12.8 Å². The molecule has 2 fully saturated rings. The van der Waals surface area contributed by atoms with Gasteiger partial charge in [0.15, 0.2) is 5.82 Å². The standard InChI is InChI=1S/C29H33N9O/c30-16-17-1-2-18-12-22(13-20(18)11-17)33-29(39)38-23-7-4-21(5-8-23)32-28-31-10-9-26(35-28)34-27-15-25(36-37-27)19-3-6-24(38)14-19/h1-2,9-11,15,19,21-24H,3-8,12-14H2,(H,33,39)(H3,31,32,34,35,36,37). The van der Waals surface area contributed by atoms with Crippen molar-refractivity contribution in [2.75, 3.05) is 10.6 Å². The van der Waals surface area contributed by atoms with Gasteiger partial charge in [0.1, 0.15) is 5.82 Å². The van der Waals surface area contributed by atoms with Gasteiger partial charge in [0, 0.05) is 48.0 Å². The minimum atomic E-state index is 0.0551. The van der Waals surface area contributed by atoms with Crippen LogP contribution in [0.15, 0.2) is 36.5 Å². The summed E-state index contributed by atoms with van der Waals surface area (Å²) in [5.41, 5.74) is 4.19. The van der Waals surface area contributed by atoms with Crippen LogP contribution in [0.2, 0.25) is 0 Å². The van der Waals surface area contributed by atoms with Crippen LogP contribution in [0, 0.1) is 11.3 Å². The summed E-state index contributed by atoms with van der Waals surface area (Å²) >= 11 is 0. The average Bonchev–Trinajstić information content (AvgIpc) is 3.69. The van der Waals surface area contributed by atoms with Crippen LogP contribution < -0.4 is 16.0 Å². The maximum absolute atomic E-state index is 14.0. The van der Waals surface area contributed by atoms with Gasteiger partial charge < -0.3 is 20.9 Å². The molecule has 8 bridgehead atoms. The molecule has 2 aromatic heterocycles. The fourth-order valence-corrected chi connectivity index (χ4v) is 7.08. The normalized spacial score (nSPS) is 27.3.